The molecule has 0 saturated carbocycles. The summed E-state index contributed by atoms with van der Waals surface area (Å²) in [5, 5.41) is 13.1. The van der Waals surface area contributed by atoms with Crippen LogP contribution in [0.5, 0.6) is 11.5 Å². The number of aliphatic hydroxyl groups excluding tert-OH is 1. The molecule has 5 rings (SSSR count). The Balaban J connectivity index is 1.37. The van der Waals surface area contributed by atoms with Crippen LogP contribution in [0.3, 0.4) is 0 Å². The van der Waals surface area contributed by atoms with E-state index in [-0.39, 0.29) is 28.3 Å². The van der Waals surface area contributed by atoms with Gasteiger partial charge in [0.2, 0.25) is 5.41 Å². The third-order valence-electron chi connectivity index (χ3n) is 6.36. The van der Waals surface area contributed by atoms with Gasteiger partial charge in [-0.2, -0.15) is 13.2 Å². The van der Waals surface area contributed by atoms with Gasteiger partial charge in [0.15, 0.2) is 23.4 Å². The second-order valence-corrected chi connectivity index (χ2v) is 9.70. The number of carbonyl (C=O) groups is 1. The number of aliphatic hydroxyl groups is 1. The molecule has 4 aromatic rings. The molecule has 40 heavy (non-hydrogen) atoms. The molecule has 2 atom stereocenters. The van der Waals surface area contributed by atoms with Crippen molar-refractivity contribution in [2.45, 2.75) is 17.7 Å². The van der Waals surface area contributed by atoms with E-state index in [1.54, 1.807) is 18.2 Å². The molecule has 0 unspecified atom stereocenters. The SMILES string of the molecule is O=C(OC[C@H]1COc2cc3ncnc(Nc4cccc(Br)c4F)c3cc2O1)[C@](CO)(c1ccccc1)C(F)(F)F. The van der Waals surface area contributed by atoms with Crippen molar-refractivity contribution in [2.24, 2.45) is 0 Å². The molecule has 0 amide bonds. The molecule has 0 saturated heterocycles. The van der Waals surface area contributed by atoms with Crippen LogP contribution in [0.1, 0.15) is 5.56 Å². The molecule has 0 bridgehead atoms. The summed E-state index contributed by atoms with van der Waals surface area (Å²) in [5.74, 6) is -1.43. The van der Waals surface area contributed by atoms with Crippen LogP contribution in [0, 0.1) is 5.82 Å². The summed E-state index contributed by atoms with van der Waals surface area (Å²) in [6.07, 6.45) is -4.80. The van der Waals surface area contributed by atoms with Crippen molar-refractivity contribution in [2.75, 3.05) is 25.1 Å². The van der Waals surface area contributed by atoms with E-state index in [0.717, 1.165) is 12.1 Å². The van der Waals surface area contributed by atoms with Crippen LogP contribution < -0.4 is 14.8 Å². The van der Waals surface area contributed by atoms with Crippen molar-refractivity contribution >= 4 is 44.3 Å². The highest BCUT2D eigenvalue weighted by Crippen LogP contribution is 2.43. The molecule has 13 heteroatoms. The monoisotopic (exact) mass is 621 g/mol. The molecular formula is C27H20BrF4N3O5. The van der Waals surface area contributed by atoms with E-state index in [9.17, 15) is 27.5 Å². The maximum atomic E-state index is 14.5. The molecule has 1 aromatic heterocycles. The minimum Gasteiger partial charge on any atom is -0.486 e. The molecular weight excluding hydrogens is 602 g/mol. The number of benzene rings is 3. The molecule has 0 aliphatic carbocycles. The largest absolute Gasteiger partial charge is 0.486 e. The zero-order valence-corrected chi connectivity index (χ0v) is 22.0. The van der Waals surface area contributed by atoms with Crippen LogP contribution in [0.15, 0.2) is 71.5 Å². The minimum atomic E-state index is -5.13. The average Bonchev–Trinajstić information content (AvgIpc) is 2.94. The molecule has 0 radical (unpaired) electrons. The fourth-order valence-electron chi connectivity index (χ4n) is 4.23. The van der Waals surface area contributed by atoms with E-state index in [1.165, 1.54) is 36.7 Å². The Morgan fingerprint density at radius 3 is 2.60 bits per heavy atom. The van der Waals surface area contributed by atoms with Gasteiger partial charge in [-0.3, -0.25) is 4.79 Å². The number of anilines is 2. The van der Waals surface area contributed by atoms with Gasteiger partial charge < -0.3 is 24.6 Å². The summed E-state index contributed by atoms with van der Waals surface area (Å²) in [6.45, 7) is -2.25. The molecule has 208 valence electrons. The van der Waals surface area contributed by atoms with Gasteiger partial charge in [-0.05, 0) is 39.7 Å². The standard InChI is InChI=1S/C27H20BrF4N3O5/c28-18-7-4-8-19(23(18)29)35-24-17-9-22-21(10-20(17)33-14-34-24)38-11-16(40-22)12-39-25(37)26(13-36,27(30,31)32)15-5-2-1-3-6-15/h1-10,14,16,36H,11-13H2,(H,33,34,35)/t16-,26+/m1/s1. The average molecular weight is 622 g/mol. The van der Waals surface area contributed by atoms with Crippen molar-refractivity contribution in [1.29, 1.82) is 0 Å². The van der Waals surface area contributed by atoms with Crippen molar-refractivity contribution in [3.63, 3.8) is 0 Å². The lowest BCUT2D eigenvalue weighted by molar-refractivity contribution is -0.218. The zero-order valence-electron chi connectivity index (χ0n) is 20.4. The maximum Gasteiger partial charge on any atom is 0.411 e. The molecule has 8 nitrogen and oxygen atoms in total. The van der Waals surface area contributed by atoms with E-state index in [1.807, 2.05) is 0 Å². The minimum absolute atomic E-state index is 0.130. The normalized spacial score (nSPS) is 16.3. The highest BCUT2D eigenvalue weighted by molar-refractivity contribution is 9.10. The van der Waals surface area contributed by atoms with Crippen LogP contribution in [-0.2, 0) is 14.9 Å². The number of carbonyl (C=O) groups excluding carboxylic acids is 1. The van der Waals surface area contributed by atoms with E-state index in [2.05, 4.69) is 31.2 Å². The topological polar surface area (TPSA) is 103 Å². The second kappa shape index (κ2) is 10.9. The van der Waals surface area contributed by atoms with Gasteiger partial charge in [-0.1, -0.05) is 36.4 Å². The fourth-order valence-corrected chi connectivity index (χ4v) is 4.60. The summed E-state index contributed by atoms with van der Waals surface area (Å²) >= 11 is 3.13. The summed E-state index contributed by atoms with van der Waals surface area (Å²) in [4.78, 5) is 21.2. The Kier molecular flexibility index (Phi) is 7.51. The lowest BCUT2D eigenvalue weighted by atomic mass is 9.80. The van der Waals surface area contributed by atoms with Crippen molar-refractivity contribution in [3.8, 4) is 11.5 Å². The van der Waals surface area contributed by atoms with Crippen LogP contribution >= 0.6 is 15.9 Å². The summed E-state index contributed by atoms with van der Waals surface area (Å²) in [7, 11) is 0. The number of nitrogens with zero attached hydrogens (tertiary/aromatic N) is 2. The molecule has 0 spiro atoms. The van der Waals surface area contributed by atoms with Gasteiger partial charge in [0, 0.05) is 11.5 Å². The quantitative estimate of drug-likeness (QED) is 0.207. The highest BCUT2D eigenvalue weighted by atomic mass is 79.9. The number of halogens is 5. The van der Waals surface area contributed by atoms with Gasteiger partial charge >= 0.3 is 12.1 Å². The zero-order chi connectivity index (χ0) is 28.5. The Morgan fingerprint density at radius 2 is 1.88 bits per heavy atom. The number of rotatable bonds is 7. The summed E-state index contributed by atoms with van der Waals surface area (Å²) in [5.41, 5.74) is -3.10. The van der Waals surface area contributed by atoms with Crippen LogP contribution in [0.25, 0.3) is 10.9 Å². The third kappa shape index (κ3) is 5.02. The Bertz CT molecular complexity index is 1560. The number of aromatic nitrogens is 2. The van der Waals surface area contributed by atoms with Crippen molar-refractivity contribution in [3.05, 3.63) is 82.8 Å². The van der Waals surface area contributed by atoms with Gasteiger partial charge in [0.25, 0.3) is 0 Å². The lowest BCUT2D eigenvalue weighted by Gasteiger charge is -2.33. The Labute approximate surface area is 233 Å². The number of nitrogens with one attached hydrogen (secondary N) is 1. The van der Waals surface area contributed by atoms with E-state index >= 15 is 0 Å². The summed E-state index contributed by atoms with van der Waals surface area (Å²) in [6, 6.07) is 14.2. The van der Waals surface area contributed by atoms with Crippen molar-refractivity contribution < 1.29 is 41.7 Å². The second-order valence-electron chi connectivity index (χ2n) is 8.84. The van der Waals surface area contributed by atoms with Gasteiger partial charge in [0.1, 0.15) is 25.4 Å². The molecule has 1 aliphatic rings. The molecule has 2 N–H and O–H groups in total. The predicted molar refractivity (Wildman–Crippen MR) is 139 cm³/mol. The lowest BCUT2D eigenvalue weighted by Crippen LogP contribution is -2.53. The molecule has 3 aromatic carbocycles. The van der Waals surface area contributed by atoms with Gasteiger partial charge in [0.05, 0.1) is 22.3 Å². The van der Waals surface area contributed by atoms with Crippen LogP contribution in [-0.4, -0.2) is 53.1 Å². The summed E-state index contributed by atoms with van der Waals surface area (Å²) < 4.78 is 73.7. The van der Waals surface area contributed by atoms with Crippen LogP contribution in [0.4, 0.5) is 29.1 Å². The number of fused-ring (bicyclic) bond motifs is 2. The van der Waals surface area contributed by atoms with E-state index in [4.69, 9.17) is 14.2 Å². The Morgan fingerprint density at radius 1 is 1.10 bits per heavy atom. The first-order valence-electron chi connectivity index (χ1n) is 11.8. The van der Waals surface area contributed by atoms with Crippen molar-refractivity contribution in [1.82, 2.24) is 9.97 Å². The first kappa shape index (κ1) is 27.6. The number of ether oxygens (including phenoxy) is 3. The smallest absolute Gasteiger partial charge is 0.411 e. The maximum absolute atomic E-state index is 14.5. The van der Waals surface area contributed by atoms with Gasteiger partial charge in [-0.15, -0.1) is 0 Å². The number of alkyl halides is 3. The Hall–Kier alpha value is -3.97. The van der Waals surface area contributed by atoms with E-state index < -0.39 is 48.3 Å². The van der Waals surface area contributed by atoms with Gasteiger partial charge in [-0.25, -0.2) is 14.4 Å². The number of hydrogen-bond acceptors (Lipinski definition) is 8. The number of hydrogen-bond donors (Lipinski definition) is 2. The molecule has 0 fully saturated rings. The first-order valence-corrected chi connectivity index (χ1v) is 12.6. The molecule has 2 heterocycles. The third-order valence-corrected chi connectivity index (χ3v) is 6.97. The first-order chi connectivity index (χ1) is 19.1. The number of esters is 1. The molecule has 1 aliphatic heterocycles. The fraction of sp³-hybridized carbons (Fsp3) is 0.222. The van der Waals surface area contributed by atoms with E-state index in [0.29, 0.717) is 16.7 Å². The van der Waals surface area contributed by atoms with Crippen LogP contribution in [0.2, 0.25) is 0 Å². The predicted octanol–water partition coefficient (Wildman–Crippen LogP) is 5.45. The highest BCUT2D eigenvalue weighted by Gasteiger charge is 2.62.